The lowest BCUT2D eigenvalue weighted by Crippen LogP contribution is -2.23. The number of carbonyl (C=O) groups is 1. The molecule has 1 amide bonds. The molecule has 14 heavy (non-hydrogen) atoms. The van der Waals surface area contributed by atoms with Crippen LogP contribution in [0.2, 0.25) is 0 Å². The van der Waals surface area contributed by atoms with E-state index in [0.29, 0.717) is 18.7 Å². The first kappa shape index (κ1) is 9.19. The van der Waals surface area contributed by atoms with E-state index in [4.69, 9.17) is 0 Å². The number of carbonyl (C=O) groups excluding carboxylic acids is 1. The summed E-state index contributed by atoms with van der Waals surface area (Å²) in [7, 11) is 0. The molecule has 1 aromatic rings. The van der Waals surface area contributed by atoms with Gasteiger partial charge in [-0.05, 0) is 25.0 Å². The SMILES string of the molecule is CCN1Cc2ccc(C)c(F)c2C1=O. The third-order valence-corrected chi connectivity index (χ3v) is 2.67. The molecule has 0 aliphatic carbocycles. The van der Waals surface area contributed by atoms with Crippen molar-refractivity contribution in [2.75, 3.05) is 6.54 Å². The summed E-state index contributed by atoms with van der Waals surface area (Å²) in [6, 6.07) is 3.56. The number of fused-ring (bicyclic) bond motifs is 1. The Bertz CT molecular complexity index is 401. The largest absolute Gasteiger partial charge is 0.334 e. The van der Waals surface area contributed by atoms with E-state index in [1.54, 1.807) is 17.9 Å². The maximum absolute atomic E-state index is 13.6. The van der Waals surface area contributed by atoms with Gasteiger partial charge in [-0.25, -0.2) is 4.39 Å². The van der Waals surface area contributed by atoms with Crippen molar-refractivity contribution in [1.29, 1.82) is 0 Å². The van der Waals surface area contributed by atoms with Gasteiger partial charge in [-0.1, -0.05) is 12.1 Å². The van der Waals surface area contributed by atoms with E-state index < -0.39 is 0 Å². The second kappa shape index (κ2) is 3.08. The van der Waals surface area contributed by atoms with Crippen LogP contribution >= 0.6 is 0 Å². The molecule has 1 aliphatic heterocycles. The number of benzene rings is 1. The lowest BCUT2D eigenvalue weighted by atomic mass is 10.1. The van der Waals surface area contributed by atoms with Gasteiger partial charge in [0.05, 0.1) is 5.56 Å². The predicted molar refractivity (Wildman–Crippen MR) is 51.6 cm³/mol. The molecular formula is C11H12FNO. The number of amides is 1. The third kappa shape index (κ3) is 1.12. The minimum Gasteiger partial charge on any atom is -0.334 e. The minimum atomic E-state index is -0.358. The summed E-state index contributed by atoms with van der Waals surface area (Å²) in [4.78, 5) is 13.3. The van der Waals surface area contributed by atoms with Gasteiger partial charge < -0.3 is 4.90 Å². The summed E-state index contributed by atoms with van der Waals surface area (Å²) < 4.78 is 13.6. The van der Waals surface area contributed by atoms with Crippen molar-refractivity contribution in [2.45, 2.75) is 20.4 Å². The van der Waals surface area contributed by atoms with E-state index in [1.807, 2.05) is 13.0 Å². The van der Waals surface area contributed by atoms with Crippen LogP contribution in [0, 0.1) is 12.7 Å². The fourth-order valence-electron chi connectivity index (χ4n) is 1.77. The molecule has 1 aliphatic rings. The van der Waals surface area contributed by atoms with Gasteiger partial charge in [0.25, 0.3) is 5.91 Å². The molecule has 1 heterocycles. The zero-order chi connectivity index (χ0) is 10.3. The summed E-state index contributed by atoms with van der Waals surface area (Å²) >= 11 is 0. The maximum Gasteiger partial charge on any atom is 0.257 e. The smallest absolute Gasteiger partial charge is 0.257 e. The van der Waals surface area contributed by atoms with Crippen LogP contribution in [0.5, 0.6) is 0 Å². The molecule has 2 nitrogen and oxygen atoms in total. The lowest BCUT2D eigenvalue weighted by molar-refractivity contribution is 0.0783. The van der Waals surface area contributed by atoms with E-state index in [2.05, 4.69) is 0 Å². The Balaban J connectivity index is 2.55. The zero-order valence-electron chi connectivity index (χ0n) is 8.30. The molecule has 0 spiro atoms. The number of aryl methyl sites for hydroxylation is 1. The number of halogens is 1. The molecular weight excluding hydrogens is 181 g/mol. The molecule has 0 bridgehead atoms. The Kier molecular flexibility index (Phi) is 2.02. The third-order valence-electron chi connectivity index (χ3n) is 2.67. The van der Waals surface area contributed by atoms with Crippen LogP contribution in [0.15, 0.2) is 12.1 Å². The molecule has 0 N–H and O–H groups in total. The first-order valence-electron chi connectivity index (χ1n) is 4.72. The highest BCUT2D eigenvalue weighted by molar-refractivity contribution is 5.98. The van der Waals surface area contributed by atoms with Crippen LogP contribution in [0.25, 0.3) is 0 Å². The van der Waals surface area contributed by atoms with Gasteiger partial charge in [-0.2, -0.15) is 0 Å². The minimum absolute atomic E-state index is 0.177. The molecule has 2 rings (SSSR count). The van der Waals surface area contributed by atoms with Gasteiger partial charge >= 0.3 is 0 Å². The van der Waals surface area contributed by atoms with Crippen molar-refractivity contribution in [3.63, 3.8) is 0 Å². The Morgan fingerprint density at radius 1 is 1.50 bits per heavy atom. The van der Waals surface area contributed by atoms with Crippen LogP contribution in [-0.2, 0) is 6.54 Å². The molecule has 0 fully saturated rings. The Hall–Kier alpha value is -1.38. The van der Waals surface area contributed by atoms with Crippen molar-refractivity contribution in [2.24, 2.45) is 0 Å². The van der Waals surface area contributed by atoms with Gasteiger partial charge in [-0.3, -0.25) is 4.79 Å². The van der Waals surface area contributed by atoms with Gasteiger partial charge in [0.2, 0.25) is 0 Å². The van der Waals surface area contributed by atoms with Crippen LogP contribution in [-0.4, -0.2) is 17.4 Å². The standard InChI is InChI=1S/C11H12FNO/c1-3-13-6-8-5-4-7(2)10(12)9(8)11(13)14/h4-5H,3,6H2,1-2H3. The highest BCUT2D eigenvalue weighted by atomic mass is 19.1. The molecule has 1 aromatic carbocycles. The molecule has 0 saturated carbocycles. The monoisotopic (exact) mass is 193 g/mol. The first-order chi connectivity index (χ1) is 6.65. The second-order valence-electron chi connectivity index (χ2n) is 3.55. The number of hydrogen-bond donors (Lipinski definition) is 0. The van der Waals surface area contributed by atoms with Crippen molar-refractivity contribution in [1.82, 2.24) is 4.90 Å². The summed E-state index contributed by atoms with van der Waals surface area (Å²) in [5.74, 6) is -0.535. The van der Waals surface area contributed by atoms with Crippen LogP contribution in [0.3, 0.4) is 0 Å². The topological polar surface area (TPSA) is 20.3 Å². The van der Waals surface area contributed by atoms with Crippen LogP contribution < -0.4 is 0 Å². The Labute approximate surface area is 82.3 Å². The second-order valence-corrected chi connectivity index (χ2v) is 3.55. The summed E-state index contributed by atoms with van der Waals surface area (Å²) in [6.07, 6.45) is 0. The average molecular weight is 193 g/mol. The van der Waals surface area contributed by atoms with Gasteiger partial charge in [0.1, 0.15) is 5.82 Å². The van der Waals surface area contributed by atoms with E-state index in [1.165, 1.54) is 0 Å². The fourth-order valence-corrected chi connectivity index (χ4v) is 1.77. The molecule has 0 atom stereocenters. The van der Waals surface area contributed by atoms with Crippen LogP contribution in [0.4, 0.5) is 4.39 Å². The Morgan fingerprint density at radius 2 is 2.21 bits per heavy atom. The van der Waals surface area contributed by atoms with Gasteiger partial charge in [0, 0.05) is 13.1 Å². The van der Waals surface area contributed by atoms with E-state index in [-0.39, 0.29) is 17.3 Å². The fraction of sp³-hybridized carbons (Fsp3) is 0.364. The van der Waals surface area contributed by atoms with Crippen molar-refractivity contribution < 1.29 is 9.18 Å². The molecule has 0 saturated heterocycles. The predicted octanol–water partition coefficient (Wildman–Crippen LogP) is 2.11. The quantitative estimate of drug-likeness (QED) is 0.669. The lowest BCUT2D eigenvalue weighted by Gasteiger charge is -2.10. The zero-order valence-corrected chi connectivity index (χ0v) is 8.30. The van der Waals surface area contributed by atoms with Crippen molar-refractivity contribution in [3.8, 4) is 0 Å². The maximum atomic E-state index is 13.6. The van der Waals surface area contributed by atoms with Gasteiger partial charge in [0.15, 0.2) is 0 Å². The number of nitrogens with zero attached hydrogens (tertiary/aromatic N) is 1. The molecule has 0 unspecified atom stereocenters. The van der Waals surface area contributed by atoms with E-state index in [0.717, 1.165) is 5.56 Å². The number of hydrogen-bond acceptors (Lipinski definition) is 1. The van der Waals surface area contributed by atoms with Crippen molar-refractivity contribution >= 4 is 5.91 Å². The molecule has 0 aromatic heterocycles. The summed E-state index contributed by atoms with van der Waals surface area (Å²) in [5, 5.41) is 0. The molecule has 3 heteroatoms. The first-order valence-corrected chi connectivity index (χ1v) is 4.72. The average Bonchev–Trinajstić information content (AvgIpc) is 2.50. The summed E-state index contributed by atoms with van der Waals surface area (Å²) in [5.41, 5.74) is 1.61. The molecule has 74 valence electrons. The van der Waals surface area contributed by atoms with E-state index in [9.17, 15) is 9.18 Å². The normalized spacial score (nSPS) is 14.8. The van der Waals surface area contributed by atoms with Crippen molar-refractivity contribution in [3.05, 3.63) is 34.6 Å². The van der Waals surface area contributed by atoms with E-state index >= 15 is 0 Å². The van der Waals surface area contributed by atoms with Gasteiger partial charge in [-0.15, -0.1) is 0 Å². The summed E-state index contributed by atoms with van der Waals surface area (Å²) in [6.45, 7) is 4.75. The highest BCUT2D eigenvalue weighted by Gasteiger charge is 2.29. The van der Waals surface area contributed by atoms with Crippen LogP contribution in [0.1, 0.15) is 28.4 Å². The number of rotatable bonds is 1. The highest BCUT2D eigenvalue weighted by Crippen LogP contribution is 2.26. The molecule has 0 radical (unpaired) electrons. The Morgan fingerprint density at radius 3 is 2.86 bits per heavy atom.